The van der Waals surface area contributed by atoms with Crippen molar-refractivity contribution in [3.63, 3.8) is 0 Å². The largest absolute Gasteiger partial charge is 0.357 e. The molecule has 0 unspecified atom stereocenters. The molecule has 0 spiro atoms. The number of benzene rings is 1. The second-order valence-corrected chi connectivity index (χ2v) is 4.70. The fourth-order valence-corrected chi connectivity index (χ4v) is 2.21. The summed E-state index contributed by atoms with van der Waals surface area (Å²) in [5, 5.41) is 0.477. The first-order valence-corrected chi connectivity index (χ1v) is 6.28. The zero-order chi connectivity index (χ0) is 14.3. The molecule has 1 aromatic heterocycles. The van der Waals surface area contributed by atoms with E-state index in [9.17, 15) is 14.4 Å². The average molecular weight is 296 g/mol. The van der Waals surface area contributed by atoms with Crippen LogP contribution in [0.4, 0.5) is 0 Å². The molecule has 2 heterocycles. The van der Waals surface area contributed by atoms with Crippen molar-refractivity contribution in [1.29, 1.82) is 0 Å². The van der Waals surface area contributed by atoms with Crippen molar-refractivity contribution in [2.24, 2.45) is 0 Å². The van der Waals surface area contributed by atoms with Crippen LogP contribution in [-0.2, 0) is 18.0 Å². The molecule has 1 aliphatic heterocycles. The molecule has 8 heteroatoms. The van der Waals surface area contributed by atoms with Gasteiger partial charge in [-0.3, -0.25) is 9.59 Å². The summed E-state index contributed by atoms with van der Waals surface area (Å²) < 4.78 is 8.16. The maximum atomic E-state index is 12.3. The van der Waals surface area contributed by atoms with Gasteiger partial charge >= 0.3 is 16.8 Å². The summed E-state index contributed by atoms with van der Waals surface area (Å²) in [4.78, 5) is 36.4. The maximum Gasteiger partial charge on any atom is 0.350 e. The van der Waals surface area contributed by atoms with E-state index in [4.69, 9.17) is 16.3 Å². The maximum absolute atomic E-state index is 12.3. The zero-order valence-corrected chi connectivity index (χ0v) is 11.0. The van der Waals surface area contributed by atoms with Gasteiger partial charge in [-0.15, -0.1) is 0 Å². The van der Waals surface area contributed by atoms with Crippen LogP contribution >= 0.6 is 11.6 Å². The molecule has 0 saturated heterocycles. The van der Waals surface area contributed by atoms with Gasteiger partial charge in [0.05, 0.1) is 18.8 Å². The molecule has 3 rings (SSSR count). The Kier molecular flexibility index (Phi) is 3.07. The van der Waals surface area contributed by atoms with Gasteiger partial charge in [-0.2, -0.15) is 0 Å². The Balaban J connectivity index is 2.35. The molecule has 0 atom stereocenters. The molecular weight excluding hydrogens is 286 g/mol. The van der Waals surface area contributed by atoms with Crippen LogP contribution < -0.4 is 16.8 Å². The average Bonchev–Trinajstić information content (AvgIpc) is 2.47. The summed E-state index contributed by atoms with van der Waals surface area (Å²) in [5.74, 6) is 0. The Labute approximate surface area is 117 Å². The molecule has 0 N–H and O–H groups in total. The first kappa shape index (κ1) is 12.9. The van der Waals surface area contributed by atoms with Crippen molar-refractivity contribution in [2.75, 3.05) is 6.61 Å². The van der Waals surface area contributed by atoms with Crippen LogP contribution in [0, 0.1) is 0 Å². The highest BCUT2D eigenvalue weighted by molar-refractivity contribution is 6.30. The van der Waals surface area contributed by atoms with E-state index < -0.39 is 16.8 Å². The predicted molar refractivity (Wildman–Crippen MR) is 71.5 cm³/mol. The molecule has 104 valence electrons. The Hall–Kier alpha value is -2.12. The summed E-state index contributed by atoms with van der Waals surface area (Å²) in [7, 11) is 0. The van der Waals surface area contributed by atoms with Gasteiger partial charge in [0.25, 0.3) is 0 Å². The van der Waals surface area contributed by atoms with E-state index >= 15 is 0 Å². The van der Waals surface area contributed by atoms with E-state index in [1.165, 1.54) is 16.8 Å². The topological polar surface area (TPSA) is 75.2 Å². The number of fused-ring (bicyclic) bond motifs is 1. The zero-order valence-electron chi connectivity index (χ0n) is 10.3. The van der Waals surface area contributed by atoms with E-state index in [-0.39, 0.29) is 13.3 Å². The van der Waals surface area contributed by atoms with E-state index in [1.807, 2.05) is 0 Å². The lowest BCUT2D eigenvalue weighted by atomic mass is 10.3. The Morgan fingerprint density at radius 2 is 1.70 bits per heavy atom. The van der Waals surface area contributed by atoms with Crippen LogP contribution in [0.1, 0.15) is 0 Å². The highest BCUT2D eigenvalue weighted by Crippen LogP contribution is 2.10. The lowest BCUT2D eigenvalue weighted by Crippen LogP contribution is -2.56. The van der Waals surface area contributed by atoms with Crippen LogP contribution in [0.2, 0.25) is 5.02 Å². The fourth-order valence-electron chi connectivity index (χ4n) is 2.09. The molecule has 0 radical (unpaired) electrons. The third-order valence-electron chi connectivity index (χ3n) is 3.07. The lowest BCUT2D eigenvalue weighted by molar-refractivity contribution is 0.00593. The minimum atomic E-state index is -0.904. The number of halogens is 1. The summed E-state index contributed by atoms with van der Waals surface area (Å²) in [5.41, 5.74) is -1.96. The van der Waals surface area contributed by atoms with Crippen LogP contribution in [0.25, 0.3) is 5.69 Å². The van der Waals surface area contributed by atoms with E-state index in [1.54, 1.807) is 12.1 Å². The fraction of sp³-hybridized carbons (Fsp3) is 0.250. The molecule has 1 aliphatic rings. The van der Waals surface area contributed by atoms with E-state index in [2.05, 4.69) is 0 Å². The minimum absolute atomic E-state index is 0.0925. The monoisotopic (exact) mass is 295 g/mol. The molecule has 0 amide bonds. The van der Waals surface area contributed by atoms with Crippen molar-refractivity contribution < 1.29 is 4.74 Å². The number of nitrogens with zero attached hydrogens (tertiary/aromatic N) is 3. The molecular formula is C12H10ClN3O4. The summed E-state index contributed by atoms with van der Waals surface area (Å²) in [6.07, 6.45) is 0. The summed E-state index contributed by atoms with van der Waals surface area (Å²) >= 11 is 5.77. The normalized spacial score (nSPS) is 14.1. The second-order valence-electron chi connectivity index (χ2n) is 4.26. The Bertz CT molecular complexity index is 832. The van der Waals surface area contributed by atoms with Gasteiger partial charge < -0.3 is 4.74 Å². The van der Waals surface area contributed by atoms with Crippen LogP contribution in [0.3, 0.4) is 0 Å². The third kappa shape index (κ3) is 1.91. The predicted octanol–water partition coefficient (Wildman–Crippen LogP) is -0.198. The van der Waals surface area contributed by atoms with Crippen molar-refractivity contribution in [2.45, 2.75) is 13.3 Å². The molecule has 0 aliphatic carbocycles. The quantitative estimate of drug-likeness (QED) is 0.683. The highest BCUT2D eigenvalue weighted by atomic mass is 35.5. The standard InChI is InChI=1S/C12H10ClN3O4/c13-8-1-3-9(4-2-8)16-11(18)10(17)15-7-20-6-5-14(15)12(16)19/h1-4H,5-7H2. The van der Waals surface area contributed by atoms with Gasteiger partial charge in [-0.25, -0.2) is 18.7 Å². The van der Waals surface area contributed by atoms with Crippen molar-refractivity contribution in [1.82, 2.24) is 13.9 Å². The number of rotatable bonds is 1. The third-order valence-corrected chi connectivity index (χ3v) is 3.32. The van der Waals surface area contributed by atoms with Gasteiger partial charge in [0.1, 0.15) is 6.73 Å². The van der Waals surface area contributed by atoms with Gasteiger partial charge in [0.2, 0.25) is 0 Å². The van der Waals surface area contributed by atoms with Gasteiger partial charge in [-0.05, 0) is 24.3 Å². The first-order chi connectivity index (χ1) is 9.59. The molecule has 20 heavy (non-hydrogen) atoms. The number of aromatic nitrogens is 3. The van der Waals surface area contributed by atoms with Crippen molar-refractivity contribution in [3.8, 4) is 5.69 Å². The first-order valence-electron chi connectivity index (χ1n) is 5.90. The molecule has 0 fully saturated rings. The van der Waals surface area contributed by atoms with Crippen LogP contribution in [0.15, 0.2) is 38.6 Å². The molecule has 1 aromatic carbocycles. The second kappa shape index (κ2) is 4.77. The SMILES string of the molecule is O=c1c(=O)n2n(c(=O)n1-c1ccc(Cl)cc1)CCOC2. The van der Waals surface area contributed by atoms with Crippen molar-refractivity contribution >= 4 is 11.6 Å². The summed E-state index contributed by atoms with van der Waals surface area (Å²) in [6.45, 7) is 0.449. The molecule has 0 saturated carbocycles. The smallest absolute Gasteiger partial charge is 0.350 e. The molecule has 7 nitrogen and oxygen atoms in total. The highest BCUT2D eigenvalue weighted by Gasteiger charge is 2.18. The van der Waals surface area contributed by atoms with Crippen LogP contribution in [0.5, 0.6) is 0 Å². The Morgan fingerprint density at radius 1 is 1.00 bits per heavy atom. The minimum Gasteiger partial charge on any atom is -0.357 e. The number of ether oxygens (including phenoxy) is 1. The van der Waals surface area contributed by atoms with Gasteiger partial charge in [0.15, 0.2) is 0 Å². The van der Waals surface area contributed by atoms with Gasteiger partial charge in [-0.1, -0.05) is 11.6 Å². The molecule has 0 bridgehead atoms. The number of hydrogen-bond acceptors (Lipinski definition) is 4. The lowest BCUT2D eigenvalue weighted by Gasteiger charge is -2.21. The van der Waals surface area contributed by atoms with Crippen LogP contribution in [-0.4, -0.2) is 20.5 Å². The van der Waals surface area contributed by atoms with Crippen molar-refractivity contribution in [3.05, 3.63) is 60.5 Å². The van der Waals surface area contributed by atoms with E-state index in [0.717, 1.165) is 9.25 Å². The van der Waals surface area contributed by atoms with E-state index in [0.29, 0.717) is 17.3 Å². The molecule has 2 aromatic rings. The summed E-state index contributed by atoms with van der Waals surface area (Å²) in [6, 6.07) is 6.13. The van der Waals surface area contributed by atoms with Gasteiger partial charge in [0, 0.05) is 5.02 Å². The number of hydrogen-bond donors (Lipinski definition) is 0. The Morgan fingerprint density at radius 3 is 2.40 bits per heavy atom.